The minimum atomic E-state index is -5.17. The van der Waals surface area contributed by atoms with E-state index in [4.69, 9.17) is 0 Å². The molecule has 0 aliphatic carbocycles. The molecule has 0 saturated carbocycles. The molecule has 0 spiro atoms. The minimum Gasteiger partial charge on any atom is -0.389 e. The van der Waals surface area contributed by atoms with E-state index in [1.54, 1.807) is 17.0 Å². The van der Waals surface area contributed by atoms with Gasteiger partial charge in [-0.3, -0.25) is 14.1 Å². The number of β-amino-alcohol motifs (C(OH)–C–C–N with tert-alkyl or cyclic N) is 1. The second-order valence-electron chi connectivity index (χ2n) is 8.78. The number of anilines is 2. The molecule has 0 radical (unpaired) electrons. The number of aliphatic hydroxyl groups excluding tert-OH is 1. The molecule has 1 aliphatic rings. The molecule has 4 heterocycles. The fourth-order valence-electron chi connectivity index (χ4n) is 4.18. The normalized spacial score (nSPS) is 15.3. The average Bonchev–Trinajstić information content (AvgIpc) is 3.24. The maximum absolute atomic E-state index is 13.5. The number of nitrogens with one attached hydrogen (secondary N) is 1. The SMILES string of the molecule is O=C(Nc1ccc(N2CC(O)C2)nc1)c1cc2cc(C(F)(F)F)cnc2n1C(OC(F)(F)F)c1ccccc1. The number of aliphatic hydroxyl groups is 1. The lowest BCUT2D eigenvalue weighted by atomic mass is 10.2. The van der Waals surface area contributed by atoms with Crippen LogP contribution in [0.15, 0.2) is 67.0 Å². The van der Waals surface area contributed by atoms with Crippen molar-refractivity contribution in [3.05, 3.63) is 83.8 Å². The quantitative estimate of drug-likeness (QED) is 0.329. The number of amides is 1. The minimum absolute atomic E-state index is 0.0224. The Labute approximate surface area is 216 Å². The number of alkyl halides is 6. The molecule has 5 rings (SSSR count). The maximum atomic E-state index is 13.5. The molecule has 1 atom stereocenters. The molecule has 1 amide bonds. The first-order chi connectivity index (χ1) is 18.4. The summed E-state index contributed by atoms with van der Waals surface area (Å²) in [5.74, 6) is -0.388. The summed E-state index contributed by atoms with van der Waals surface area (Å²) in [5.41, 5.74) is -1.73. The van der Waals surface area contributed by atoms with E-state index in [1.165, 1.54) is 36.5 Å². The fraction of sp³-hybridized carbons (Fsp3) is 0.240. The van der Waals surface area contributed by atoms with Gasteiger partial charge in [-0.25, -0.2) is 9.97 Å². The lowest BCUT2D eigenvalue weighted by molar-refractivity contribution is -0.348. The van der Waals surface area contributed by atoms with Crippen LogP contribution in [0.1, 0.15) is 27.8 Å². The Morgan fingerprint density at radius 2 is 1.72 bits per heavy atom. The molecule has 1 saturated heterocycles. The van der Waals surface area contributed by atoms with Gasteiger partial charge in [-0.2, -0.15) is 13.2 Å². The number of benzene rings is 1. The van der Waals surface area contributed by atoms with Crippen molar-refractivity contribution in [2.75, 3.05) is 23.3 Å². The topological polar surface area (TPSA) is 92.5 Å². The van der Waals surface area contributed by atoms with Gasteiger partial charge in [0.15, 0.2) is 6.23 Å². The number of carbonyl (C=O) groups is 1. The number of pyridine rings is 2. The number of halogens is 6. The number of ether oxygens (including phenoxy) is 1. The Bertz CT molecular complexity index is 1480. The highest BCUT2D eigenvalue weighted by atomic mass is 19.4. The molecule has 1 unspecified atom stereocenters. The third kappa shape index (κ3) is 5.66. The van der Waals surface area contributed by atoms with Gasteiger partial charge in [-0.05, 0) is 24.3 Å². The first kappa shape index (κ1) is 26.4. The number of hydrogen-bond donors (Lipinski definition) is 2. The van der Waals surface area contributed by atoms with Crippen LogP contribution >= 0.6 is 0 Å². The number of nitrogens with zero attached hydrogens (tertiary/aromatic N) is 4. The molecule has 0 bridgehead atoms. The Balaban J connectivity index is 1.57. The lowest BCUT2D eigenvalue weighted by Gasteiger charge is -2.36. The predicted molar refractivity (Wildman–Crippen MR) is 127 cm³/mol. The number of aromatic nitrogens is 3. The van der Waals surface area contributed by atoms with Crippen molar-refractivity contribution in [2.45, 2.75) is 24.9 Å². The summed E-state index contributed by atoms with van der Waals surface area (Å²) < 4.78 is 85.7. The zero-order valence-electron chi connectivity index (χ0n) is 19.7. The predicted octanol–water partition coefficient (Wildman–Crippen LogP) is 4.97. The third-order valence-corrected chi connectivity index (χ3v) is 5.99. The van der Waals surface area contributed by atoms with Gasteiger partial charge in [0.25, 0.3) is 5.91 Å². The van der Waals surface area contributed by atoms with Crippen LogP contribution in [0.4, 0.5) is 37.8 Å². The fourth-order valence-corrected chi connectivity index (χ4v) is 4.18. The highest BCUT2D eigenvalue weighted by molar-refractivity contribution is 6.06. The molecule has 2 N–H and O–H groups in total. The van der Waals surface area contributed by atoms with Crippen molar-refractivity contribution in [3.63, 3.8) is 0 Å². The molecular weight excluding hydrogens is 532 g/mol. The molecule has 8 nitrogen and oxygen atoms in total. The summed E-state index contributed by atoms with van der Waals surface area (Å²) in [6, 6.07) is 11.9. The molecule has 1 fully saturated rings. The second-order valence-corrected chi connectivity index (χ2v) is 8.78. The van der Waals surface area contributed by atoms with E-state index in [0.29, 0.717) is 31.2 Å². The first-order valence-electron chi connectivity index (χ1n) is 11.5. The van der Waals surface area contributed by atoms with Crippen molar-refractivity contribution >= 4 is 28.4 Å². The largest absolute Gasteiger partial charge is 0.524 e. The molecule has 204 valence electrons. The Hall–Kier alpha value is -4.17. The summed E-state index contributed by atoms with van der Waals surface area (Å²) in [4.78, 5) is 23.1. The highest BCUT2D eigenvalue weighted by Gasteiger charge is 2.38. The summed E-state index contributed by atoms with van der Waals surface area (Å²) >= 11 is 0. The van der Waals surface area contributed by atoms with Gasteiger partial charge in [0.05, 0.1) is 23.6 Å². The number of fused-ring (bicyclic) bond motifs is 1. The lowest BCUT2D eigenvalue weighted by Crippen LogP contribution is -2.51. The van der Waals surface area contributed by atoms with E-state index in [9.17, 15) is 36.2 Å². The van der Waals surface area contributed by atoms with Crippen LogP contribution < -0.4 is 10.2 Å². The van der Waals surface area contributed by atoms with Crippen LogP contribution in [0.5, 0.6) is 0 Å². The van der Waals surface area contributed by atoms with Crippen molar-refractivity contribution in [1.82, 2.24) is 14.5 Å². The zero-order valence-corrected chi connectivity index (χ0v) is 19.7. The van der Waals surface area contributed by atoms with Crippen molar-refractivity contribution in [2.24, 2.45) is 0 Å². The first-order valence-corrected chi connectivity index (χ1v) is 11.5. The van der Waals surface area contributed by atoms with Crippen molar-refractivity contribution in [1.29, 1.82) is 0 Å². The Morgan fingerprint density at radius 1 is 1.00 bits per heavy atom. The van der Waals surface area contributed by atoms with Crippen molar-refractivity contribution in [3.8, 4) is 0 Å². The molecule has 3 aromatic heterocycles. The van der Waals surface area contributed by atoms with Gasteiger partial charge in [-0.15, -0.1) is 13.2 Å². The van der Waals surface area contributed by atoms with Crippen molar-refractivity contribution < 1.29 is 41.0 Å². The average molecular weight is 551 g/mol. The van der Waals surface area contributed by atoms with Gasteiger partial charge in [0.1, 0.15) is 17.2 Å². The molecule has 39 heavy (non-hydrogen) atoms. The van der Waals surface area contributed by atoms with E-state index in [2.05, 4.69) is 20.0 Å². The second kappa shape index (κ2) is 9.85. The van der Waals surface area contributed by atoms with E-state index in [0.717, 1.165) is 10.6 Å². The van der Waals surface area contributed by atoms with Gasteiger partial charge in [-0.1, -0.05) is 30.3 Å². The molecular formula is C25H19F6N5O3. The summed E-state index contributed by atoms with van der Waals surface area (Å²) in [6.07, 6.45) is -10.6. The summed E-state index contributed by atoms with van der Waals surface area (Å²) in [7, 11) is 0. The Morgan fingerprint density at radius 3 is 2.31 bits per heavy atom. The highest BCUT2D eigenvalue weighted by Crippen LogP contribution is 2.36. The Kier molecular flexibility index (Phi) is 6.68. The monoisotopic (exact) mass is 551 g/mol. The van der Waals surface area contributed by atoms with Crippen LogP contribution in [0.2, 0.25) is 0 Å². The summed E-state index contributed by atoms with van der Waals surface area (Å²) in [5, 5.41) is 11.7. The zero-order chi connectivity index (χ0) is 27.9. The van der Waals surface area contributed by atoms with Crippen LogP contribution in [-0.2, 0) is 10.9 Å². The van der Waals surface area contributed by atoms with Crippen LogP contribution in [0.25, 0.3) is 11.0 Å². The third-order valence-electron chi connectivity index (χ3n) is 5.99. The van der Waals surface area contributed by atoms with Gasteiger partial charge in [0.2, 0.25) is 0 Å². The number of rotatable bonds is 6. The maximum Gasteiger partial charge on any atom is 0.524 e. The van der Waals surface area contributed by atoms with Crippen LogP contribution in [0.3, 0.4) is 0 Å². The molecule has 14 heteroatoms. The molecule has 1 aliphatic heterocycles. The van der Waals surface area contributed by atoms with Crippen LogP contribution in [0, 0.1) is 0 Å². The van der Waals surface area contributed by atoms with Gasteiger partial charge < -0.3 is 15.3 Å². The van der Waals surface area contributed by atoms with Gasteiger partial charge in [0, 0.05) is 30.2 Å². The molecule has 4 aromatic rings. The van der Waals surface area contributed by atoms with E-state index >= 15 is 0 Å². The number of hydrogen-bond acceptors (Lipinski definition) is 6. The van der Waals surface area contributed by atoms with E-state index in [-0.39, 0.29) is 22.3 Å². The van der Waals surface area contributed by atoms with Gasteiger partial charge >= 0.3 is 12.5 Å². The number of carbonyl (C=O) groups excluding carboxylic acids is 1. The standard InChI is InChI=1S/C25H19F6N5O3/c26-24(27,28)16-8-15-9-19(22(38)34-17-6-7-20(32-11-17)35-12-18(37)13-35)36(21(15)33-10-16)23(39-25(29,30)31)14-4-2-1-3-5-14/h1-11,18,23,37H,12-13H2,(H,34,38). The smallest absolute Gasteiger partial charge is 0.389 e. The molecule has 1 aromatic carbocycles. The van der Waals surface area contributed by atoms with E-state index < -0.39 is 42.0 Å². The van der Waals surface area contributed by atoms with Crippen LogP contribution in [-0.4, -0.2) is 51.1 Å². The summed E-state index contributed by atoms with van der Waals surface area (Å²) in [6.45, 7) is 0.789. The van der Waals surface area contributed by atoms with E-state index in [1.807, 2.05) is 0 Å².